The summed E-state index contributed by atoms with van der Waals surface area (Å²) in [5.41, 5.74) is 2.80. The van der Waals surface area contributed by atoms with Gasteiger partial charge in [-0.15, -0.1) is 0 Å². The van der Waals surface area contributed by atoms with Gasteiger partial charge in [0.15, 0.2) is 7.28 Å². The van der Waals surface area contributed by atoms with Crippen LogP contribution >= 0.6 is 0 Å². The van der Waals surface area contributed by atoms with Crippen LogP contribution in [0.1, 0.15) is 38.2 Å². The lowest BCUT2D eigenvalue weighted by Gasteiger charge is -2.03. The molecule has 0 saturated carbocycles. The Morgan fingerprint density at radius 1 is 1.07 bits per heavy atom. The van der Waals surface area contributed by atoms with Crippen molar-refractivity contribution < 1.29 is 0 Å². The Labute approximate surface area is 89.0 Å². The second-order valence-electron chi connectivity index (χ2n) is 3.91. The summed E-state index contributed by atoms with van der Waals surface area (Å²) in [7, 11) is 2.37. The number of hydrogen-bond donors (Lipinski definition) is 0. The van der Waals surface area contributed by atoms with Gasteiger partial charge in [0.05, 0.1) is 0 Å². The first-order valence-electron chi connectivity index (χ1n) is 5.73. The standard InChI is InChI=1S/C13H20B/c1-3-4-5-8-11-14-13-10-7-6-9-12(13)2/h6-7,9-10H,3-5,8,11H2,1-2H3. The Morgan fingerprint density at radius 3 is 2.57 bits per heavy atom. The van der Waals surface area contributed by atoms with E-state index in [1.54, 1.807) is 0 Å². The predicted octanol–water partition coefficient (Wildman–Crippen LogP) is 3.32. The van der Waals surface area contributed by atoms with Crippen LogP contribution in [0.4, 0.5) is 0 Å². The van der Waals surface area contributed by atoms with Crippen molar-refractivity contribution in [3.63, 3.8) is 0 Å². The minimum Gasteiger partial charge on any atom is -0.0849 e. The second-order valence-corrected chi connectivity index (χ2v) is 3.91. The first kappa shape index (κ1) is 11.4. The zero-order valence-electron chi connectivity index (χ0n) is 9.42. The van der Waals surface area contributed by atoms with Crippen LogP contribution in [0, 0.1) is 6.92 Å². The number of aryl methyl sites for hydroxylation is 1. The smallest absolute Gasteiger partial charge is 0.0849 e. The molecule has 1 aromatic rings. The van der Waals surface area contributed by atoms with Crippen LogP contribution in [0.2, 0.25) is 6.32 Å². The molecule has 1 rings (SSSR count). The quantitative estimate of drug-likeness (QED) is 0.473. The minimum atomic E-state index is 1.23. The molecule has 0 aliphatic rings. The molecular formula is C13H20B. The van der Waals surface area contributed by atoms with Crippen molar-refractivity contribution in [3.8, 4) is 0 Å². The molecule has 1 aromatic carbocycles. The van der Waals surface area contributed by atoms with Crippen molar-refractivity contribution in [2.24, 2.45) is 0 Å². The molecule has 1 heteroatoms. The maximum atomic E-state index is 2.37. The molecule has 0 aromatic heterocycles. The van der Waals surface area contributed by atoms with Gasteiger partial charge < -0.3 is 0 Å². The van der Waals surface area contributed by atoms with Gasteiger partial charge in [-0.1, -0.05) is 74.2 Å². The molecule has 0 nitrogen and oxygen atoms in total. The molecule has 75 valence electrons. The fourth-order valence-electron chi connectivity index (χ4n) is 1.64. The Hall–Kier alpha value is -0.715. The summed E-state index contributed by atoms with van der Waals surface area (Å²) < 4.78 is 0. The van der Waals surface area contributed by atoms with E-state index in [-0.39, 0.29) is 0 Å². The minimum absolute atomic E-state index is 1.23. The first-order chi connectivity index (χ1) is 6.84. The van der Waals surface area contributed by atoms with E-state index in [0.717, 1.165) is 0 Å². The normalized spacial score (nSPS) is 10.1. The van der Waals surface area contributed by atoms with E-state index in [0.29, 0.717) is 0 Å². The third-order valence-corrected chi connectivity index (χ3v) is 2.61. The van der Waals surface area contributed by atoms with Crippen LogP contribution in [0.3, 0.4) is 0 Å². The van der Waals surface area contributed by atoms with Gasteiger partial charge in [-0.3, -0.25) is 0 Å². The van der Waals surface area contributed by atoms with E-state index >= 15 is 0 Å². The van der Waals surface area contributed by atoms with Gasteiger partial charge in [0.2, 0.25) is 0 Å². The molecule has 14 heavy (non-hydrogen) atoms. The van der Waals surface area contributed by atoms with Crippen molar-refractivity contribution in [2.75, 3.05) is 0 Å². The molecule has 0 bridgehead atoms. The largest absolute Gasteiger partial charge is 0.151 e. The van der Waals surface area contributed by atoms with Crippen LogP contribution in [0.25, 0.3) is 0 Å². The van der Waals surface area contributed by atoms with Crippen LogP contribution in [0.5, 0.6) is 0 Å². The highest BCUT2D eigenvalue weighted by atomic mass is 13.9. The van der Waals surface area contributed by atoms with Crippen LogP contribution in [-0.2, 0) is 0 Å². The average molecular weight is 187 g/mol. The number of benzene rings is 1. The van der Waals surface area contributed by atoms with E-state index in [1.165, 1.54) is 43.0 Å². The Bertz CT molecular complexity index is 255. The predicted molar refractivity (Wildman–Crippen MR) is 65.5 cm³/mol. The van der Waals surface area contributed by atoms with Gasteiger partial charge in [-0.25, -0.2) is 0 Å². The summed E-state index contributed by atoms with van der Waals surface area (Å²) in [6.45, 7) is 4.43. The fraction of sp³-hybridized carbons (Fsp3) is 0.538. The molecule has 0 atom stereocenters. The zero-order chi connectivity index (χ0) is 10.2. The third-order valence-electron chi connectivity index (χ3n) is 2.61. The SMILES string of the molecule is CCCCCC[B]c1ccccc1C. The Balaban J connectivity index is 2.21. The number of rotatable bonds is 6. The summed E-state index contributed by atoms with van der Waals surface area (Å²) in [6.07, 6.45) is 6.64. The molecule has 1 radical (unpaired) electrons. The molecule has 0 aliphatic carbocycles. The monoisotopic (exact) mass is 187 g/mol. The first-order valence-corrected chi connectivity index (χ1v) is 5.73. The van der Waals surface area contributed by atoms with Gasteiger partial charge in [0, 0.05) is 0 Å². The van der Waals surface area contributed by atoms with Crippen molar-refractivity contribution in [1.82, 2.24) is 0 Å². The molecule has 0 fully saturated rings. The maximum absolute atomic E-state index is 2.37. The summed E-state index contributed by atoms with van der Waals surface area (Å²) >= 11 is 0. The second kappa shape index (κ2) is 6.70. The van der Waals surface area contributed by atoms with Crippen LogP contribution < -0.4 is 5.46 Å². The highest BCUT2D eigenvalue weighted by molar-refractivity contribution is 6.53. The molecule has 0 saturated heterocycles. The lowest BCUT2D eigenvalue weighted by Crippen LogP contribution is -2.16. The van der Waals surface area contributed by atoms with Crippen molar-refractivity contribution in [2.45, 2.75) is 45.9 Å². The summed E-state index contributed by atoms with van der Waals surface area (Å²) in [5, 5.41) is 0. The van der Waals surface area contributed by atoms with Crippen molar-refractivity contribution >= 4 is 12.7 Å². The van der Waals surface area contributed by atoms with E-state index in [1.807, 2.05) is 0 Å². The fourth-order valence-corrected chi connectivity index (χ4v) is 1.64. The van der Waals surface area contributed by atoms with Gasteiger partial charge in [-0.05, 0) is 6.92 Å². The third kappa shape index (κ3) is 4.00. The van der Waals surface area contributed by atoms with E-state index in [4.69, 9.17) is 0 Å². The molecule has 0 amide bonds. The summed E-state index contributed by atoms with van der Waals surface area (Å²) in [4.78, 5) is 0. The average Bonchev–Trinajstić information content (AvgIpc) is 2.20. The summed E-state index contributed by atoms with van der Waals surface area (Å²) in [6, 6.07) is 8.60. The van der Waals surface area contributed by atoms with Crippen molar-refractivity contribution in [1.29, 1.82) is 0 Å². The molecule has 0 N–H and O–H groups in total. The Kier molecular flexibility index (Phi) is 5.43. The molecule has 0 spiro atoms. The highest BCUT2D eigenvalue weighted by Crippen LogP contribution is 2.03. The zero-order valence-corrected chi connectivity index (χ0v) is 9.42. The van der Waals surface area contributed by atoms with Gasteiger partial charge in [0.1, 0.15) is 0 Å². The van der Waals surface area contributed by atoms with Gasteiger partial charge in [-0.2, -0.15) is 0 Å². The number of hydrogen-bond acceptors (Lipinski definition) is 0. The van der Waals surface area contributed by atoms with E-state index in [2.05, 4.69) is 45.4 Å². The molecule has 0 aliphatic heterocycles. The lowest BCUT2D eigenvalue weighted by molar-refractivity contribution is 0.701. The summed E-state index contributed by atoms with van der Waals surface area (Å²) in [5.74, 6) is 0. The van der Waals surface area contributed by atoms with E-state index < -0.39 is 0 Å². The maximum Gasteiger partial charge on any atom is 0.151 e. The van der Waals surface area contributed by atoms with Crippen LogP contribution in [0.15, 0.2) is 24.3 Å². The van der Waals surface area contributed by atoms with Crippen LogP contribution in [-0.4, -0.2) is 7.28 Å². The Morgan fingerprint density at radius 2 is 1.86 bits per heavy atom. The van der Waals surface area contributed by atoms with Gasteiger partial charge in [0.25, 0.3) is 0 Å². The lowest BCUT2D eigenvalue weighted by atomic mass is 9.64. The van der Waals surface area contributed by atoms with E-state index in [9.17, 15) is 0 Å². The number of unbranched alkanes of at least 4 members (excludes halogenated alkanes) is 3. The molecule has 0 heterocycles. The topological polar surface area (TPSA) is 0 Å². The molecular weight excluding hydrogens is 167 g/mol. The molecule has 0 unspecified atom stereocenters. The highest BCUT2D eigenvalue weighted by Gasteiger charge is 1.98. The van der Waals surface area contributed by atoms with Gasteiger partial charge >= 0.3 is 0 Å². The van der Waals surface area contributed by atoms with Crippen molar-refractivity contribution in [3.05, 3.63) is 29.8 Å².